The summed E-state index contributed by atoms with van der Waals surface area (Å²) >= 11 is 0. The summed E-state index contributed by atoms with van der Waals surface area (Å²) in [6, 6.07) is 6.76. The van der Waals surface area contributed by atoms with Gasteiger partial charge in [-0.05, 0) is 48.4 Å². The molecule has 0 bridgehead atoms. The first kappa shape index (κ1) is 8.61. The number of nitrogens with one attached hydrogen (secondary N) is 1. The van der Waals surface area contributed by atoms with E-state index in [4.69, 9.17) is 0 Å². The molecule has 1 aliphatic rings. The summed E-state index contributed by atoms with van der Waals surface area (Å²) < 4.78 is 0. The molecule has 1 atom stereocenters. The normalized spacial score (nSPS) is 20.9. The maximum atomic E-state index is 3.20. The largest absolute Gasteiger partial charge is 0.388 e. The fraction of sp³-hybridized carbons (Fsp3) is 0.500. The number of hydrogen-bond acceptors (Lipinski definition) is 1. The lowest BCUT2D eigenvalue weighted by Crippen LogP contribution is -2.07. The minimum Gasteiger partial charge on any atom is -0.388 e. The maximum absolute atomic E-state index is 3.20. The van der Waals surface area contributed by atoms with Gasteiger partial charge in [0.25, 0.3) is 0 Å². The van der Waals surface area contributed by atoms with Crippen LogP contribution in [0.3, 0.4) is 0 Å². The van der Waals surface area contributed by atoms with Crippen LogP contribution < -0.4 is 5.32 Å². The van der Waals surface area contributed by atoms with Crippen LogP contribution in [0.5, 0.6) is 0 Å². The number of fused-ring (bicyclic) bond motifs is 1. The van der Waals surface area contributed by atoms with Crippen molar-refractivity contribution >= 4 is 5.69 Å². The van der Waals surface area contributed by atoms with Crippen LogP contribution in [0.25, 0.3) is 0 Å². The Hall–Kier alpha value is -0.980. The second-order valence-electron chi connectivity index (χ2n) is 3.96. The van der Waals surface area contributed by atoms with E-state index in [1.807, 2.05) is 7.05 Å². The molecule has 1 aliphatic carbocycles. The second-order valence-corrected chi connectivity index (χ2v) is 3.96. The summed E-state index contributed by atoms with van der Waals surface area (Å²) in [6.45, 7) is 2.33. The summed E-state index contributed by atoms with van der Waals surface area (Å²) in [6.07, 6.45) is 3.97. The van der Waals surface area contributed by atoms with Crippen molar-refractivity contribution in [2.24, 2.45) is 0 Å². The summed E-state index contributed by atoms with van der Waals surface area (Å²) in [5, 5.41) is 3.20. The van der Waals surface area contributed by atoms with E-state index in [2.05, 4.69) is 30.4 Å². The first-order chi connectivity index (χ1) is 6.31. The highest BCUT2D eigenvalue weighted by Gasteiger charge is 2.15. The lowest BCUT2D eigenvalue weighted by molar-refractivity contribution is 0.590. The highest BCUT2D eigenvalue weighted by molar-refractivity contribution is 5.49. The van der Waals surface area contributed by atoms with Gasteiger partial charge in [0.2, 0.25) is 0 Å². The SMILES string of the molecule is CNc1ccc2c(c1)C(C)CCC2. The van der Waals surface area contributed by atoms with Crippen LogP contribution >= 0.6 is 0 Å². The number of rotatable bonds is 1. The quantitative estimate of drug-likeness (QED) is 0.691. The molecule has 0 aromatic heterocycles. The Bertz CT molecular complexity index is 304. The van der Waals surface area contributed by atoms with Crippen molar-refractivity contribution in [3.8, 4) is 0 Å². The molecule has 2 rings (SSSR count). The van der Waals surface area contributed by atoms with Crippen LogP contribution in [0.4, 0.5) is 5.69 Å². The van der Waals surface area contributed by atoms with Crippen molar-refractivity contribution in [3.63, 3.8) is 0 Å². The first-order valence-electron chi connectivity index (χ1n) is 5.12. The molecule has 0 saturated heterocycles. The molecule has 1 nitrogen and oxygen atoms in total. The maximum Gasteiger partial charge on any atom is 0.0340 e. The molecular formula is C12H17N. The molecule has 1 aromatic carbocycles. The van der Waals surface area contributed by atoms with E-state index < -0.39 is 0 Å². The Kier molecular flexibility index (Phi) is 2.26. The van der Waals surface area contributed by atoms with Crippen LogP contribution in [0.2, 0.25) is 0 Å². The average molecular weight is 175 g/mol. The van der Waals surface area contributed by atoms with Crippen LogP contribution in [0, 0.1) is 0 Å². The Morgan fingerprint density at radius 3 is 3.00 bits per heavy atom. The molecule has 70 valence electrons. The Balaban J connectivity index is 2.41. The van der Waals surface area contributed by atoms with E-state index in [-0.39, 0.29) is 0 Å². The summed E-state index contributed by atoms with van der Waals surface area (Å²) in [5.74, 6) is 0.747. The van der Waals surface area contributed by atoms with E-state index in [1.54, 1.807) is 11.1 Å². The lowest BCUT2D eigenvalue weighted by atomic mass is 9.84. The van der Waals surface area contributed by atoms with Gasteiger partial charge in [-0.3, -0.25) is 0 Å². The van der Waals surface area contributed by atoms with E-state index in [9.17, 15) is 0 Å². The van der Waals surface area contributed by atoms with Crippen molar-refractivity contribution in [1.82, 2.24) is 0 Å². The lowest BCUT2D eigenvalue weighted by Gasteiger charge is -2.22. The van der Waals surface area contributed by atoms with Crippen LogP contribution in [-0.4, -0.2) is 7.05 Å². The zero-order valence-corrected chi connectivity index (χ0v) is 8.43. The molecule has 1 unspecified atom stereocenters. The summed E-state index contributed by atoms with van der Waals surface area (Å²) in [4.78, 5) is 0. The summed E-state index contributed by atoms with van der Waals surface area (Å²) in [5.41, 5.74) is 4.35. The van der Waals surface area contributed by atoms with E-state index >= 15 is 0 Å². The third-order valence-corrected chi connectivity index (χ3v) is 3.05. The van der Waals surface area contributed by atoms with Gasteiger partial charge in [0.1, 0.15) is 0 Å². The standard InChI is InChI=1S/C12H17N/c1-9-4-3-5-10-6-7-11(13-2)8-12(9)10/h6-9,13H,3-5H2,1-2H3. The topological polar surface area (TPSA) is 12.0 Å². The number of anilines is 1. The van der Waals surface area contributed by atoms with Crippen molar-refractivity contribution in [2.45, 2.75) is 32.1 Å². The Labute approximate surface area is 80.2 Å². The average Bonchev–Trinajstić information content (AvgIpc) is 2.18. The molecule has 1 N–H and O–H groups in total. The molecule has 0 aliphatic heterocycles. The van der Waals surface area contributed by atoms with Gasteiger partial charge in [-0.25, -0.2) is 0 Å². The van der Waals surface area contributed by atoms with Crippen molar-refractivity contribution in [3.05, 3.63) is 29.3 Å². The van der Waals surface area contributed by atoms with Crippen LogP contribution in [0.15, 0.2) is 18.2 Å². The third-order valence-electron chi connectivity index (χ3n) is 3.05. The van der Waals surface area contributed by atoms with Crippen LogP contribution in [-0.2, 0) is 6.42 Å². The monoisotopic (exact) mass is 175 g/mol. The first-order valence-corrected chi connectivity index (χ1v) is 5.12. The predicted molar refractivity (Wildman–Crippen MR) is 57.3 cm³/mol. The molecule has 0 spiro atoms. The minimum atomic E-state index is 0.747. The second kappa shape index (κ2) is 3.41. The molecule has 13 heavy (non-hydrogen) atoms. The van der Waals surface area contributed by atoms with Gasteiger partial charge in [-0.1, -0.05) is 13.0 Å². The number of hydrogen-bond donors (Lipinski definition) is 1. The molecule has 0 heterocycles. The van der Waals surface area contributed by atoms with Crippen molar-refractivity contribution in [2.75, 3.05) is 12.4 Å². The van der Waals surface area contributed by atoms with Gasteiger partial charge >= 0.3 is 0 Å². The fourth-order valence-electron chi connectivity index (χ4n) is 2.19. The Morgan fingerprint density at radius 1 is 1.38 bits per heavy atom. The highest BCUT2D eigenvalue weighted by atomic mass is 14.8. The highest BCUT2D eigenvalue weighted by Crippen LogP contribution is 2.32. The molecule has 0 fully saturated rings. The van der Waals surface area contributed by atoms with Gasteiger partial charge < -0.3 is 5.32 Å². The molecule has 0 amide bonds. The zero-order valence-electron chi connectivity index (χ0n) is 8.43. The minimum absolute atomic E-state index is 0.747. The van der Waals surface area contributed by atoms with E-state index in [0.29, 0.717) is 0 Å². The smallest absolute Gasteiger partial charge is 0.0340 e. The van der Waals surface area contributed by atoms with Gasteiger partial charge in [0, 0.05) is 12.7 Å². The van der Waals surface area contributed by atoms with Gasteiger partial charge in [-0.2, -0.15) is 0 Å². The van der Waals surface area contributed by atoms with E-state index in [1.165, 1.54) is 24.9 Å². The van der Waals surface area contributed by atoms with Crippen molar-refractivity contribution < 1.29 is 0 Å². The zero-order chi connectivity index (χ0) is 9.26. The predicted octanol–water partition coefficient (Wildman–Crippen LogP) is 3.17. The number of benzene rings is 1. The van der Waals surface area contributed by atoms with Gasteiger partial charge in [-0.15, -0.1) is 0 Å². The fourth-order valence-corrected chi connectivity index (χ4v) is 2.19. The summed E-state index contributed by atoms with van der Waals surface area (Å²) in [7, 11) is 1.98. The molecule has 0 radical (unpaired) electrons. The number of aryl methyl sites for hydroxylation is 1. The van der Waals surface area contributed by atoms with Gasteiger partial charge in [0.15, 0.2) is 0 Å². The molecular weight excluding hydrogens is 158 g/mol. The van der Waals surface area contributed by atoms with E-state index in [0.717, 1.165) is 5.92 Å². The molecule has 1 heteroatoms. The van der Waals surface area contributed by atoms with Crippen LogP contribution in [0.1, 0.15) is 36.8 Å². The molecule has 1 aromatic rings. The van der Waals surface area contributed by atoms with Gasteiger partial charge in [0.05, 0.1) is 0 Å². The van der Waals surface area contributed by atoms with Crippen molar-refractivity contribution in [1.29, 1.82) is 0 Å². The third kappa shape index (κ3) is 1.55. The molecule has 0 saturated carbocycles. The Morgan fingerprint density at radius 2 is 2.23 bits per heavy atom.